The first kappa shape index (κ1) is 17.3. The van der Waals surface area contributed by atoms with Crippen LogP contribution in [0.2, 0.25) is 0 Å². The summed E-state index contributed by atoms with van der Waals surface area (Å²) in [5, 5.41) is 3.35. The van der Waals surface area contributed by atoms with Gasteiger partial charge in [0.15, 0.2) is 6.79 Å². The Bertz CT molecular complexity index is 770. The highest BCUT2D eigenvalue weighted by molar-refractivity contribution is 5.42. The number of para-hydroxylation sites is 1. The molecule has 1 aliphatic rings. The van der Waals surface area contributed by atoms with Crippen molar-refractivity contribution in [1.82, 2.24) is 5.32 Å². The lowest BCUT2D eigenvalue weighted by molar-refractivity contribution is -0.0172. The summed E-state index contributed by atoms with van der Waals surface area (Å²) in [6, 6.07) is 10.7. The van der Waals surface area contributed by atoms with Crippen LogP contribution in [0.1, 0.15) is 16.7 Å². The Morgan fingerprint density at radius 3 is 3.00 bits per heavy atom. The molecular weight excluding hydrogens is 321 g/mol. The topological polar surface area (TPSA) is 39.7 Å². The van der Waals surface area contributed by atoms with Crippen LogP contribution in [-0.4, -0.2) is 19.9 Å². The van der Waals surface area contributed by atoms with Gasteiger partial charge in [0.2, 0.25) is 0 Å². The van der Waals surface area contributed by atoms with Gasteiger partial charge in [0, 0.05) is 17.7 Å². The Hall–Kier alpha value is -2.55. The SMILES string of the molecule is C#CCOc1ccccc1CNCCc1cc(F)cc2c1OCOC2. The Morgan fingerprint density at radius 1 is 1.24 bits per heavy atom. The molecule has 1 N–H and O–H groups in total. The molecule has 0 atom stereocenters. The van der Waals surface area contributed by atoms with E-state index in [1.165, 1.54) is 12.1 Å². The number of rotatable bonds is 7. The van der Waals surface area contributed by atoms with Crippen molar-refractivity contribution < 1.29 is 18.6 Å². The second-order valence-electron chi connectivity index (χ2n) is 5.69. The lowest BCUT2D eigenvalue weighted by Crippen LogP contribution is -2.19. The first-order valence-electron chi connectivity index (χ1n) is 8.14. The number of hydrogen-bond acceptors (Lipinski definition) is 4. The van der Waals surface area contributed by atoms with E-state index in [0.29, 0.717) is 26.1 Å². The van der Waals surface area contributed by atoms with Crippen LogP contribution in [0.3, 0.4) is 0 Å². The van der Waals surface area contributed by atoms with Gasteiger partial charge >= 0.3 is 0 Å². The zero-order chi connectivity index (χ0) is 17.5. The van der Waals surface area contributed by atoms with E-state index >= 15 is 0 Å². The molecule has 4 nitrogen and oxygen atoms in total. The molecule has 0 saturated carbocycles. The first-order valence-corrected chi connectivity index (χ1v) is 8.14. The highest BCUT2D eigenvalue weighted by Gasteiger charge is 2.16. The van der Waals surface area contributed by atoms with Crippen LogP contribution in [0.5, 0.6) is 11.5 Å². The molecule has 0 fully saturated rings. The van der Waals surface area contributed by atoms with Gasteiger partial charge in [-0.15, -0.1) is 6.42 Å². The molecule has 25 heavy (non-hydrogen) atoms. The van der Waals surface area contributed by atoms with E-state index in [0.717, 1.165) is 28.2 Å². The maximum atomic E-state index is 13.7. The third kappa shape index (κ3) is 4.50. The molecule has 0 aromatic heterocycles. The summed E-state index contributed by atoms with van der Waals surface area (Å²) in [5.74, 6) is 3.71. The van der Waals surface area contributed by atoms with Crippen molar-refractivity contribution in [2.75, 3.05) is 19.9 Å². The summed E-state index contributed by atoms with van der Waals surface area (Å²) in [7, 11) is 0. The molecule has 0 spiro atoms. The monoisotopic (exact) mass is 341 g/mol. The number of hydrogen-bond donors (Lipinski definition) is 1. The predicted octanol–water partition coefficient (Wildman–Crippen LogP) is 3.04. The molecule has 0 aliphatic carbocycles. The van der Waals surface area contributed by atoms with Crippen LogP contribution in [0, 0.1) is 18.2 Å². The van der Waals surface area contributed by atoms with E-state index in [1.54, 1.807) is 0 Å². The van der Waals surface area contributed by atoms with E-state index in [1.807, 2.05) is 24.3 Å². The number of nitrogens with one attached hydrogen (secondary N) is 1. The molecule has 0 amide bonds. The van der Waals surface area contributed by atoms with Gasteiger partial charge in [-0.25, -0.2) is 4.39 Å². The van der Waals surface area contributed by atoms with Crippen molar-refractivity contribution in [2.24, 2.45) is 0 Å². The predicted molar refractivity (Wildman–Crippen MR) is 92.9 cm³/mol. The summed E-state index contributed by atoms with van der Waals surface area (Å²) < 4.78 is 30.0. The Kier molecular flexibility index (Phi) is 5.89. The van der Waals surface area contributed by atoms with Crippen molar-refractivity contribution in [1.29, 1.82) is 0 Å². The fourth-order valence-electron chi connectivity index (χ4n) is 2.80. The summed E-state index contributed by atoms with van der Waals surface area (Å²) in [4.78, 5) is 0. The summed E-state index contributed by atoms with van der Waals surface area (Å²) in [6.45, 7) is 2.16. The molecule has 0 radical (unpaired) electrons. The smallest absolute Gasteiger partial charge is 0.189 e. The Morgan fingerprint density at radius 2 is 2.12 bits per heavy atom. The molecular formula is C20H20FNO3. The van der Waals surface area contributed by atoms with Crippen LogP contribution < -0.4 is 14.8 Å². The largest absolute Gasteiger partial charge is 0.481 e. The van der Waals surface area contributed by atoms with Gasteiger partial charge in [0.05, 0.1) is 6.61 Å². The third-order valence-corrected chi connectivity index (χ3v) is 3.92. The van der Waals surface area contributed by atoms with Crippen LogP contribution in [0.4, 0.5) is 4.39 Å². The van der Waals surface area contributed by atoms with Crippen molar-refractivity contribution in [3.63, 3.8) is 0 Å². The molecule has 1 heterocycles. The van der Waals surface area contributed by atoms with Gasteiger partial charge in [-0.2, -0.15) is 0 Å². The Labute approximate surface area is 146 Å². The van der Waals surface area contributed by atoms with Gasteiger partial charge in [0.1, 0.15) is 23.9 Å². The summed E-state index contributed by atoms with van der Waals surface area (Å²) in [5.41, 5.74) is 2.64. The fraction of sp³-hybridized carbons (Fsp3) is 0.300. The van der Waals surface area contributed by atoms with E-state index in [9.17, 15) is 4.39 Å². The summed E-state index contributed by atoms with van der Waals surface area (Å²) in [6.07, 6.45) is 5.90. The van der Waals surface area contributed by atoms with E-state index < -0.39 is 0 Å². The molecule has 0 bridgehead atoms. The van der Waals surface area contributed by atoms with Crippen molar-refractivity contribution >= 4 is 0 Å². The molecule has 1 aliphatic heterocycles. The van der Waals surface area contributed by atoms with Crippen LogP contribution >= 0.6 is 0 Å². The minimum atomic E-state index is -0.268. The van der Waals surface area contributed by atoms with Gasteiger partial charge in [-0.1, -0.05) is 24.1 Å². The summed E-state index contributed by atoms with van der Waals surface area (Å²) >= 11 is 0. The maximum absolute atomic E-state index is 13.7. The van der Waals surface area contributed by atoms with Crippen LogP contribution in [0.15, 0.2) is 36.4 Å². The van der Waals surface area contributed by atoms with Gasteiger partial charge < -0.3 is 19.5 Å². The number of ether oxygens (including phenoxy) is 3. The highest BCUT2D eigenvalue weighted by Crippen LogP contribution is 2.29. The van der Waals surface area contributed by atoms with Gasteiger partial charge in [-0.05, 0) is 36.7 Å². The van der Waals surface area contributed by atoms with Crippen molar-refractivity contribution in [2.45, 2.75) is 19.6 Å². The van der Waals surface area contributed by atoms with E-state index in [2.05, 4.69) is 11.2 Å². The van der Waals surface area contributed by atoms with Crippen LogP contribution in [0.25, 0.3) is 0 Å². The third-order valence-electron chi connectivity index (χ3n) is 3.92. The number of benzene rings is 2. The minimum Gasteiger partial charge on any atom is -0.481 e. The maximum Gasteiger partial charge on any atom is 0.189 e. The minimum absolute atomic E-state index is 0.207. The molecule has 0 unspecified atom stereocenters. The average Bonchev–Trinajstić information content (AvgIpc) is 2.64. The number of fused-ring (bicyclic) bond motifs is 1. The van der Waals surface area contributed by atoms with E-state index in [-0.39, 0.29) is 19.2 Å². The average molecular weight is 341 g/mol. The molecule has 5 heteroatoms. The van der Waals surface area contributed by atoms with Crippen molar-refractivity contribution in [3.8, 4) is 23.8 Å². The first-order chi connectivity index (χ1) is 12.3. The molecule has 2 aromatic carbocycles. The highest BCUT2D eigenvalue weighted by atomic mass is 19.1. The molecule has 2 aromatic rings. The van der Waals surface area contributed by atoms with Crippen molar-refractivity contribution in [3.05, 3.63) is 58.9 Å². The second kappa shape index (κ2) is 8.52. The number of terminal acetylenes is 1. The Balaban J connectivity index is 1.58. The number of halogens is 1. The quantitative estimate of drug-likeness (QED) is 0.621. The second-order valence-corrected chi connectivity index (χ2v) is 5.69. The standard InChI is InChI=1S/C20H20FNO3/c1-2-9-24-19-6-4-3-5-16(19)12-22-8-7-15-10-18(21)11-17-13-23-14-25-20(15)17/h1,3-6,10-11,22H,7-9,12-14H2. The molecule has 130 valence electrons. The zero-order valence-electron chi connectivity index (χ0n) is 13.9. The molecule has 3 rings (SSSR count). The van der Waals surface area contributed by atoms with Gasteiger partial charge in [0.25, 0.3) is 0 Å². The van der Waals surface area contributed by atoms with E-state index in [4.69, 9.17) is 20.6 Å². The fourth-order valence-corrected chi connectivity index (χ4v) is 2.80. The lowest BCUT2D eigenvalue weighted by atomic mass is 10.1. The lowest BCUT2D eigenvalue weighted by Gasteiger charge is -2.21. The zero-order valence-corrected chi connectivity index (χ0v) is 13.9. The van der Waals surface area contributed by atoms with Crippen LogP contribution in [-0.2, 0) is 24.3 Å². The van der Waals surface area contributed by atoms with Gasteiger partial charge in [-0.3, -0.25) is 0 Å². The normalized spacial score (nSPS) is 12.8. The molecule has 0 saturated heterocycles.